The van der Waals surface area contributed by atoms with Crippen molar-refractivity contribution in [2.24, 2.45) is 0 Å². The van der Waals surface area contributed by atoms with Crippen molar-refractivity contribution >= 4 is 0 Å². The Morgan fingerprint density at radius 1 is 0.947 bits per heavy atom. The van der Waals surface area contributed by atoms with Crippen LogP contribution in [0.4, 0.5) is 8.78 Å². The zero-order valence-corrected chi connectivity index (χ0v) is 11.0. The van der Waals surface area contributed by atoms with Crippen molar-refractivity contribution in [3.8, 4) is 0 Å². The molecule has 0 bridgehead atoms. The third-order valence-corrected chi connectivity index (χ3v) is 2.92. The molecule has 0 saturated heterocycles. The van der Waals surface area contributed by atoms with Crippen LogP contribution in [0.2, 0.25) is 0 Å². The second-order valence-corrected chi connectivity index (χ2v) is 4.66. The summed E-state index contributed by atoms with van der Waals surface area (Å²) in [4.78, 5) is 3.79. The lowest BCUT2D eigenvalue weighted by Crippen LogP contribution is -2.13. The highest BCUT2D eigenvalue weighted by molar-refractivity contribution is 5.30. The maximum Gasteiger partial charge on any atom is 0.141 e. The number of aromatic nitrogens is 1. The van der Waals surface area contributed by atoms with Crippen LogP contribution in [0, 0.1) is 25.5 Å². The lowest BCUT2D eigenvalue weighted by molar-refractivity contribution is 0.604. The van der Waals surface area contributed by atoms with Gasteiger partial charge in [-0.15, -0.1) is 0 Å². The van der Waals surface area contributed by atoms with Crippen LogP contribution in [0.3, 0.4) is 0 Å². The van der Waals surface area contributed by atoms with E-state index in [0.29, 0.717) is 24.2 Å². The standard InChI is InChI=1S/C15H16F2N2/c1-10-3-12(4-11(2)15(10)17)6-18-7-13-5-14(16)9-19-8-13/h3-5,8-9,18H,6-7H2,1-2H3. The Bertz CT molecular complexity index is 559. The third kappa shape index (κ3) is 3.58. The summed E-state index contributed by atoms with van der Waals surface area (Å²) in [6.45, 7) is 4.64. The molecular formula is C15H16F2N2. The number of aryl methyl sites for hydroxylation is 2. The first-order valence-corrected chi connectivity index (χ1v) is 6.12. The number of nitrogens with one attached hydrogen (secondary N) is 1. The fourth-order valence-corrected chi connectivity index (χ4v) is 2.04. The van der Waals surface area contributed by atoms with Gasteiger partial charge in [-0.3, -0.25) is 4.98 Å². The minimum absolute atomic E-state index is 0.155. The molecule has 0 fully saturated rings. The molecule has 1 aromatic heterocycles. The van der Waals surface area contributed by atoms with Gasteiger partial charge < -0.3 is 5.32 Å². The molecule has 0 unspecified atom stereocenters. The number of nitrogens with zero attached hydrogens (tertiary/aromatic N) is 1. The summed E-state index contributed by atoms with van der Waals surface area (Å²) in [7, 11) is 0. The van der Waals surface area contributed by atoms with Gasteiger partial charge in [-0.2, -0.15) is 0 Å². The highest BCUT2D eigenvalue weighted by Gasteiger charge is 2.04. The van der Waals surface area contributed by atoms with Gasteiger partial charge in [-0.05, 0) is 42.2 Å². The Morgan fingerprint density at radius 3 is 2.21 bits per heavy atom. The monoisotopic (exact) mass is 262 g/mol. The number of hydrogen-bond donors (Lipinski definition) is 1. The molecule has 0 spiro atoms. The molecule has 0 aliphatic heterocycles. The van der Waals surface area contributed by atoms with Crippen LogP contribution in [0.25, 0.3) is 0 Å². The second-order valence-electron chi connectivity index (χ2n) is 4.66. The first-order chi connectivity index (χ1) is 9.06. The average molecular weight is 262 g/mol. The van der Waals surface area contributed by atoms with Gasteiger partial charge in [-0.1, -0.05) is 12.1 Å². The van der Waals surface area contributed by atoms with Gasteiger partial charge in [0.2, 0.25) is 0 Å². The summed E-state index contributed by atoms with van der Waals surface area (Å²) in [6, 6.07) is 5.08. The topological polar surface area (TPSA) is 24.9 Å². The van der Waals surface area contributed by atoms with E-state index in [4.69, 9.17) is 0 Å². The molecule has 0 aliphatic rings. The van der Waals surface area contributed by atoms with E-state index in [1.165, 1.54) is 12.3 Å². The summed E-state index contributed by atoms with van der Waals surface area (Å²) in [5, 5.41) is 3.19. The minimum atomic E-state index is -0.340. The maximum atomic E-state index is 13.5. The van der Waals surface area contributed by atoms with Crippen LogP contribution in [0.5, 0.6) is 0 Å². The van der Waals surface area contributed by atoms with E-state index in [1.54, 1.807) is 20.0 Å². The van der Waals surface area contributed by atoms with E-state index >= 15 is 0 Å². The van der Waals surface area contributed by atoms with E-state index in [1.807, 2.05) is 12.1 Å². The summed E-state index contributed by atoms with van der Waals surface area (Å²) >= 11 is 0. The van der Waals surface area contributed by atoms with Crippen LogP contribution in [0.15, 0.2) is 30.6 Å². The highest BCUT2D eigenvalue weighted by Crippen LogP contribution is 2.14. The molecule has 100 valence electrons. The molecule has 0 aliphatic carbocycles. The van der Waals surface area contributed by atoms with E-state index in [0.717, 1.165) is 11.1 Å². The van der Waals surface area contributed by atoms with E-state index in [9.17, 15) is 8.78 Å². The van der Waals surface area contributed by atoms with Gasteiger partial charge in [0, 0.05) is 19.3 Å². The van der Waals surface area contributed by atoms with Crippen LogP contribution >= 0.6 is 0 Å². The first-order valence-electron chi connectivity index (χ1n) is 6.12. The number of rotatable bonds is 4. The first kappa shape index (κ1) is 13.6. The van der Waals surface area contributed by atoms with Crippen molar-refractivity contribution in [3.05, 3.63) is 64.5 Å². The van der Waals surface area contributed by atoms with Crippen molar-refractivity contribution in [2.75, 3.05) is 0 Å². The van der Waals surface area contributed by atoms with E-state index in [2.05, 4.69) is 10.3 Å². The molecule has 19 heavy (non-hydrogen) atoms. The van der Waals surface area contributed by atoms with E-state index in [-0.39, 0.29) is 11.6 Å². The van der Waals surface area contributed by atoms with E-state index < -0.39 is 0 Å². The molecule has 2 nitrogen and oxygen atoms in total. The number of pyridine rings is 1. The summed E-state index contributed by atoms with van der Waals surface area (Å²) in [6.07, 6.45) is 2.80. The predicted octanol–water partition coefficient (Wildman–Crippen LogP) is 3.27. The molecule has 1 aromatic carbocycles. The molecule has 4 heteroatoms. The van der Waals surface area contributed by atoms with Crippen molar-refractivity contribution < 1.29 is 8.78 Å². The van der Waals surface area contributed by atoms with Crippen LogP contribution in [-0.2, 0) is 13.1 Å². The largest absolute Gasteiger partial charge is 0.309 e. The van der Waals surface area contributed by atoms with Gasteiger partial charge >= 0.3 is 0 Å². The minimum Gasteiger partial charge on any atom is -0.309 e. The average Bonchev–Trinajstić information content (AvgIpc) is 2.36. The van der Waals surface area contributed by atoms with Gasteiger partial charge in [-0.25, -0.2) is 8.78 Å². The summed E-state index contributed by atoms with van der Waals surface area (Å²) < 4.78 is 26.4. The number of halogens is 2. The zero-order valence-electron chi connectivity index (χ0n) is 11.0. The van der Waals surface area contributed by atoms with Crippen molar-refractivity contribution in [1.29, 1.82) is 0 Å². The Balaban J connectivity index is 1.96. The molecular weight excluding hydrogens is 246 g/mol. The predicted molar refractivity (Wildman–Crippen MR) is 70.6 cm³/mol. The Kier molecular flexibility index (Phi) is 4.22. The molecule has 1 heterocycles. The Morgan fingerprint density at radius 2 is 1.58 bits per heavy atom. The molecule has 0 amide bonds. The lowest BCUT2D eigenvalue weighted by atomic mass is 10.1. The number of hydrogen-bond acceptors (Lipinski definition) is 2. The smallest absolute Gasteiger partial charge is 0.141 e. The summed E-state index contributed by atoms with van der Waals surface area (Å²) in [5.74, 6) is -0.495. The molecule has 1 N–H and O–H groups in total. The third-order valence-electron chi connectivity index (χ3n) is 2.92. The SMILES string of the molecule is Cc1cc(CNCc2cncc(F)c2)cc(C)c1F. The van der Waals surface area contributed by atoms with Gasteiger partial charge in [0.05, 0.1) is 6.20 Å². The molecule has 0 radical (unpaired) electrons. The van der Waals surface area contributed by atoms with Crippen molar-refractivity contribution in [3.63, 3.8) is 0 Å². The Labute approximate surface area is 111 Å². The molecule has 0 saturated carbocycles. The second kappa shape index (κ2) is 5.89. The molecule has 2 aromatic rings. The van der Waals surface area contributed by atoms with Gasteiger partial charge in [0.25, 0.3) is 0 Å². The van der Waals surface area contributed by atoms with Crippen LogP contribution < -0.4 is 5.32 Å². The molecule has 2 rings (SSSR count). The van der Waals surface area contributed by atoms with Crippen molar-refractivity contribution in [2.45, 2.75) is 26.9 Å². The molecule has 0 atom stereocenters. The highest BCUT2D eigenvalue weighted by atomic mass is 19.1. The Hall–Kier alpha value is -1.81. The summed E-state index contributed by atoms with van der Waals surface area (Å²) in [5.41, 5.74) is 3.09. The number of benzene rings is 1. The fraction of sp³-hybridized carbons (Fsp3) is 0.267. The van der Waals surface area contributed by atoms with Crippen molar-refractivity contribution in [1.82, 2.24) is 10.3 Å². The normalized spacial score (nSPS) is 10.7. The van der Waals surface area contributed by atoms with Gasteiger partial charge in [0.1, 0.15) is 11.6 Å². The zero-order chi connectivity index (χ0) is 13.8. The van der Waals surface area contributed by atoms with Gasteiger partial charge in [0.15, 0.2) is 0 Å². The van der Waals surface area contributed by atoms with Crippen LogP contribution in [-0.4, -0.2) is 4.98 Å². The fourth-order valence-electron chi connectivity index (χ4n) is 2.04. The van der Waals surface area contributed by atoms with Crippen LogP contribution in [0.1, 0.15) is 22.3 Å². The quantitative estimate of drug-likeness (QED) is 0.914. The maximum absolute atomic E-state index is 13.5. The lowest BCUT2D eigenvalue weighted by Gasteiger charge is -2.08.